The number of benzene rings is 1. The van der Waals surface area contributed by atoms with Crippen molar-refractivity contribution in [2.75, 3.05) is 19.8 Å². The first-order valence-electron chi connectivity index (χ1n) is 10.1. The maximum absolute atomic E-state index is 13.3. The first kappa shape index (κ1) is 18.4. The van der Waals surface area contributed by atoms with Gasteiger partial charge in [0.1, 0.15) is 11.8 Å². The van der Waals surface area contributed by atoms with E-state index in [1.165, 1.54) is 0 Å². The quantitative estimate of drug-likeness (QED) is 0.882. The topological polar surface area (TPSA) is 67.9 Å². The lowest BCUT2D eigenvalue weighted by molar-refractivity contribution is -0.127. The molecule has 0 aromatic heterocycles. The average molecular weight is 372 g/mol. The Morgan fingerprint density at radius 3 is 2.59 bits per heavy atom. The number of ether oxygens (including phenoxy) is 2. The van der Waals surface area contributed by atoms with Crippen molar-refractivity contribution >= 4 is 11.8 Å². The molecule has 1 N–H and O–H groups in total. The van der Waals surface area contributed by atoms with E-state index in [0.29, 0.717) is 12.1 Å². The van der Waals surface area contributed by atoms with Gasteiger partial charge in [-0.1, -0.05) is 24.6 Å². The molecule has 0 radical (unpaired) electrons. The molecule has 2 saturated heterocycles. The summed E-state index contributed by atoms with van der Waals surface area (Å²) in [6, 6.07) is 8.61. The van der Waals surface area contributed by atoms with E-state index in [1.54, 1.807) is 17.0 Å². The first-order chi connectivity index (χ1) is 13.2. The summed E-state index contributed by atoms with van der Waals surface area (Å²) < 4.78 is 11.7. The molecule has 3 fully saturated rings. The standard InChI is InChI=1S/C21H28N2O4/c24-19(22-14-17-10-7-13-26-17)18-15-27-21(11-5-2-6-12-21)23(18)20(25)16-8-3-1-4-9-16/h1,3-4,8-9,17-18H,2,5-7,10-15H2,(H,22,24)/t17-,18-/m1/s1. The van der Waals surface area contributed by atoms with Crippen molar-refractivity contribution in [1.82, 2.24) is 10.2 Å². The molecule has 1 aromatic rings. The predicted molar refractivity (Wildman–Crippen MR) is 100 cm³/mol. The fourth-order valence-electron chi connectivity index (χ4n) is 4.53. The highest BCUT2D eigenvalue weighted by atomic mass is 16.5. The Bertz CT molecular complexity index is 666. The minimum atomic E-state index is -0.642. The summed E-state index contributed by atoms with van der Waals surface area (Å²) in [5.74, 6) is -0.260. The van der Waals surface area contributed by atoms with E-state index >= 15 is 0 Å². The molecule has 2 aliphatic heterocycles. The van der Waals surface area contributed by atoms with Gasteiger partial charge in [-0.05, 0) is 50.7 Å². The highest BCUT2D eigenvalue weighted by molar-refractivity contribution is 5.98. The van der Waals surface area contributed by atoms with E-state index in [-0.39, 0.29) is 24.5 Å². The number of amides is 2. The molecule has 2 atom stereocenters. The Morgan fingerprint density at radius 2 is 1.89 bits per heavy atom. The van der Waals surface area contributed by atoms with Crippen molar-refractivity contribution in [3.8, 4) is 0 Å². The fraction of sp³-hybridized carbons (Fsp3) is 0.619. The zero-order chi connectivity index (χ0) is 18.7. The van der Waals surface area contributed by atoms with Crippen LogP contribution in [-0.2, 0) is 14.3 Å². The third kappa shape index (κ3) is 3.73. The van der Waals surface area contributed by atoms with Crippen LogP contribution >= 0.6 is 0 Å². The monoisotopic (exact) mass is 372 g/mol. The molecule has 2 heterocycles. The number of hydrogen-bond acceptors (Lipinski definition) is 4. The highest BCUT2D eigenvalue weighted by Crippen LogP contribution is 2.41. The number of carbonyl (C=O) groups is 2. The Hall–Kier alpha value is -1.92. The van der Waals surface area contributed by atoms with Crippen molar-refractivity contribution in [2.45, 2.75) is 62.8 Å². The SMILES string of the molecule is O=C(NC[C@H]1CCCO1)[C@H]1COC2(CCCCC2)N1C(=O)c1ccccc1. The van der Waals surface area contributed by atoms with E-state index < -0.39 is 11.8 Å². The summed E-state index contributed by atoms with van der Waals surface area (Å²) in [7, 11) is 0. The highest BCUT2D eigenvalue weighted by Gasteiger charge is 2.52. The van der Waals surface area contributed by atoms with Gasteiger partial charge in [0.15, 0.2) is 0 Å². The third-order valence-electron chi connectivity index (χ3n) is 5.97. The van der Waals surface area contributed by atoms with Gasteiger partial charge >= 0.3 is 0 Å². The van der Waals surface area contributed by atoms with Crippen LogP contribution in [0.3, 0.4) is 0 Å². The van der Waals surface area contributed by atoms with E-state index in [9.17, 15) is 9.59 Å². The molecule has 6 heteroatoms. The van der Waals surface area contributed by atoms with Crippen LogP contribution < -0.4 is 5.32 Å². The second-order valence-electron chi connectivity index (χ2n) is 7.76. The van der Waals surface area contributed by atoms with Gasteiger partial charge in [0.2, 0.25) is 5.91 Å². The van der Waals surface area contributed by atoms with Crippen LogP contribution in [0.25, 0.3) is 0 Å². The molecule has 27 heavy (non-hydrogen) atoms. The van der Waals surface area contributed by atoms with E-state index in [4.69, 9.17) is 9.47 Å². The summed E-state index contributed by atoms with van der Waals surface area (Å²) >= 11 is 0. The van der Waals surface area contributed by atoms with Gasteiger partial charge in [0.25, 0.3) is 5.91 Å². The molecule has 1 saturated carbocycles. The molecule has 4 rings (SSSR count). The van der Waals surface area contributed by atoms with Gasteiger partial charge < -0.3 is 14.8 Å². The minimum absolute atomic E-state index is 0.0817. The van der Waals surface area contributed by atoms with Gasteiger partial charge in [0, 0.05) is 18.7 Å². The van der Waals surface area contributed by atoms with Crippen molar-refractivity contribution in [2.24, 2.45) is 0 Å². The largest absolute Gasteiger partial charge is 0.376 e. The normalized spacial score (nSPS) is 27.0. The molecule has 146 valence electrons. The van der Waals surface area contributed by atoms with E-state index in [1.807, 2.05) is 18.2 Å². The predicted octanol–water partition coefficient (Wildman–Crippen LogP) is 2.48. The molecule has 1 aromatic carbocycles. The zero-order valence-corrected chi connectivity index (χ0v) is 15.7. The van der Waals surface area contributed by atoms with Crippen LogP contribution in [0.5, 0.6) is 0 Å². The molecule has 0 bridgehead atoms. The van der Waals surface area contributed by atoms with Gasteiger partial charge in [-0.2, -0.15) is 0 Å². The summed E-state index contributed by atoms with van der Waals surface area (Å²) in [6.45, 7) is 1.51. The van der Waals surface area contributed by atoms with Crippen LogP contribution in [0.2, 0.25) is 0 Å². The van der Waals surface area contributed by atoms with Gasteiger partial charge in [-0.15, -0.1) is 0 Å². The fourth-order valence-corrected chi connectivity index (χ4v) is 4.53. The number of nitrogens with zero attached hydrogens (tertiary/aromatic N) is 1. The second-order valence-corrected chi connectivity index (χ2v) is 7.76. The summed E-state index contributed by atoms with van der Waals surface area (Å²) in [4.78, 5) is 28.0. The Labute approximate surface area is 160 Å². The van der Waals surface area contributed by atoms with Crippen LogP contribution in [0.4, 0.5) is 0 Å². The summed E-state index contributed by atoms with van der Waals surface area (Å²) in [6.07, 6.45) is 6.85. The van der Waals surface area contributed by atoms with Crippen molar-refractivity contribution < 1.29 is 19.1 Å². The molecule has 3 aliphatic rings. The van der Waals surface area contributed by atoms with Crippen LogP contribution in [0.1, 0.15) is 55.3 Å². The number of carbonyl (C=O) groups excluding carboxylic acids is 2. The Morgan fingerprint density at radius 1 is 1.11 bits per heavy atom. The van der Waals surface area contributed by atoms with Crippen LogP contribution in [-0.4, -0.2) is 54.3 Å². The van der Waals surface area contributed by atoms with Gasteiger partial charge in [-0.3, -0.25) is 14.5 Å². The lowest BCUT2D eigenvalue weighted by atomic mass is 9.89. The van der Waals surface area contributed by atoms with Gasteiger partial charge in [0.05, 0.1) is 12.7 Å². The summed E-state index contributed by atoms with van der Waals surface area (Å²) in [5.41, 5.74) is -0.0401. The summed E-state index contributed by atoms with van der Waals surface area (Å²) in [5, 5.41) is 2.99. The average Bonchev–Trinajstić information content (AvgIpc) is 3.35. The van der Waals surface area contributed by atoms with E-state index in [2.05, 4.69) is 5.32 Å². The number of rotatable bonds is 4. The molecular formula is C21H28N2O4. The maximum Gasteiger partial charge on any atom is 0.256 e. The maximum atomic E-state index is 13.3. The van der Waals surface area contributed by atoms with Crippen LogP contribution in [0, 0.1) is 0 Å². The number of nitrogens with one attached hydrogen (secondary N) is 1. The third-order valence-corrected chi connectivity index (χ3v) is 5.97. The molecule has 6 nitrogen and oxygen atoms in total. The van der Waals surface area contributed by atoms with Gasteiger partial charge in [-0.25, -0.2) is 0 Å². The van der Waals surface area contributed by atoms with Crippen molar-refractivity contribution in [1.29, 1.82) is 0 Å². The first-order valence-corrected chi connectivity index (χ1v) is 10.1. The molecule has 0 unspecified atom stereocenters. The Balaban J connectivity index is 1.54. The molecule has 1 aliphatic carbocycles. The number of hydrogen-bond donors (Lipinski definition) is 1. The zero-order valence-electron chi connectivity index (χ0n) is 15.7. The molecule has 2 amide bonds. The lowest BCUT2D eigenvalue weighted by Crippen LogP contribution is -2.56. The second kappa shape index (κ2) is 7.98. The lowest BCUT2D eigenvalue weighted by Gasteiger charge is -2.41. The van der Waals surface area contributed by atoms with Crippen LogP contribution in [0.15, 0.2) is 30.3 Å². The minimum Gasteiger partial charge on any atom is -0.376 e. The van der Waals surface area contributed by atoms with Crippen molar-refractivity contribution in [3.63, 3.8) is 0 Å². The van der Waals surface area contributed by atoms with E-state index in [0.717, 1.165) is 51.6 Å². The van der Waals surface area contributed by atoms with Crippen molar-refractivity contribution in [3.05, 3.63) is 35.9 Å². The Kier molecular flexibility index (Phi) is 5.45. The molecular weight excluding hydrogens is 344 g/mol. The molecule has 1 spiro atoms. The smallest absolute Gasteiger partial charge is 0.256 e.